The molecule has 1 rings (SSSR count). The molecule has 1 aromatic heterocycles. The fourth-order valence-corrected chi connectivity index (χ4v) is 1.37. The lowest BCUT2D eigenvalue weighted by Gasteiger charge is -2.19. The SMILES string of the molecule is CNc1nc(Cl)cc(OC(C)C(F)(F)F)c1C=N. The van der Waals surface area contributed by atoms with Gasteiger partial charge in [-0.2, -0.15) is 13.2 Å². The summed E-state index contributed by atoms with van der Waals surface area (Å²) in [7, 11) is 1.52. The van der Waals surface area contributed by atoms with Crippen molar-refractivity contribution in [3.8, 4) is 5.75 Å². The smallest absolute Gasteiger partial charge is 0.425 e. The molecule has 0 aliphatic rings. The molecule has 0 saturated heterocycles. The number of pyridine rings is 1. The molecule has 1 atom stereocenters. The zero-order valence-corrected chi connectivity index (χ0v) is 10.4. The molecule has 2 N–H and O–H groups in total. The number of rotatable bonds is 4. The molecule has 0 aliphatic carbocycles. The lowest BCUT2D eigenvalue weighted by molar-refractivity contribution is -0.189. The predicted octanol–water partition coefficient (Wildman–Crippen LogP) is 3.10. The van der Waals surface area contributed by atoms with Crippen molar-refractivity contribution in [1.29, 1.82) is 5.41 Å². The first kappa shape index (κ1) is 14.6. The molecule has 0 aromatic carbocycles. The summed E-state index contributed by atoms with van der Waals surface area (Å²) in [5, 5.41) is 9.80. The highest BCUT2D eigenvalue weighted by molar-refractivity contribution is 6.29. The number of alkyl halides is 3. The molecular formula is C10H11ClF3N3O. The molecule has 0 bridgehead atoms. The minimum atomic E-state index is -4.49. The Bertz CT molecular complexity index is 451. The highest BCUT2D eigenvalue weighted by atomic mass is 35.5. The Labute approximate surface area is 107 Å². The number of nitrogens with one attached hydrogen (secondary N) is 2. The first-order valence-corrected chi connectivity index (χ1v) is 5.29. The molecule has 4 nitrogen and oxygen atoms in total. The van der Waals surface area contributed by atoms with E-state index in [0.717, 1.165) is 19.2 Å². The van der Waals surface area contributed by atoms with E-state index in [2.05, 4.69) is 10.3 Å². The fraction of sp³-hybridized carbons (Fsp3) is 0.400. The van der Waals surface area contributed by atoms with E-state index in [4.69, 9.17) is 21.7 Å². The molecule has 0 spiro atoms. The standard InChI is InChI=1S/C10H11ClF3N3O/c1-5(10(12,13)14)18-7-3-8(11)17-9(16-2)6(7)4-15/h3-5,15H,1-2H3,(H,16,17). The Kier molecular flexibility index (Phi) is 4.39. The van der Waals surface area contributed by atoms with Crippen LogP contribution < -0.4 is 10.1 Å². The van der Waals surface area contributed by atoms with E-state index in [9.17, 15) is 13.2 Å². The second kappa shape index (κ2) is 5.43. The summed E-state index contributed by atoms with van der Waals surface area (Å²) in [5.74, 6) is 0.0426. The highest BCUT2D eigenvalue weighted by Crippen LogP contribution is 2.31. The van der Waals surface area contributed by atoms with E-state index in [0.29, 0.717) is 0 Å². The molecule has 100 valence electrons. The van der Waals surface area contributed by atoms with Gasteiger partial charge >= 0.3 is 6.18 Å². The summed E-state index contributed by atoms with van der Waals surface area (Å²) < 4.78 is 42.0. The molecule has 0 radical (unpaired) electrons. The molecule has 1 heterocycles. The topological polar surface area (TPSA) is 58.0 Å². The van der Waals surface area contributed by atoms with Crippen molar-refractivity contribution in [3.63, 3.8) is 0 Å². The first-order chi connectivity index (χ1) is 8.29. The van der Waals surface area contributed by atoms with Crippen LogP contribution in [0, 0.1) is 5.41 Å². The van der Waals surface area contributed by atoms with Gasteiger partial charge in [0.15, 0.2) is 6.10 Å². The summed E-state index contributed by atoms with van der Waals surface area (Å²) in [6, 6.07) is 1.14. The van der Waals surface area contributed by atoms with Gasteiger partial charge in [-0.25, -0.2) is 4.98 Å². The zero-order chi connectivity index (χ0) is 13.9. The average Bonchev–Trinajstić information content (AvgIpc) is 2.26. The van der Waals surface area contributed by atoms with E-state index in [1.54, 1.807) is 0 Å². The molecule has 0 aliphatic heterocycles. The van der Waals surface area contributed by atoms with Gasteiger partial charge in [-0.3, -0.25) is 0 Å². The quantitative estimate of drug-likeness (QED) is 0.658. The van der Waals surface area contributed by atoms with Gasteiger partial charge in [-0.1, -0.05) is 11.6 Å². The third-order valence-electron chi connectivity index (χ3n) is 2.14. The van der Waals surface area contributed by atoms with Crippen molar-refractivity contribution in [2.75, 3.05) is 12.4 Å². The second-order valence-electron chi connectivity index (χ2n) is 3.40. The van der Waals surface area contributed by atoms with Crippen LogP contribution in [0.25, 0.3) is 0 Å². The fourth-order valence-electron chi connectivity index (χ4n) is 1.19. The number of ether oxygens (including phenoxy) is 1. The summed E-state index contributed by atoms with van der Waals surface area (Å²) in [5.41, 5.74) is 0.109. The number of nitrogens with zero attached hydrogens (tertiary/aromatic N) is 1. The van der Waals surface area contributed by atoms with Crippen molar-refractivity contribution in [2.45, 2.75) is 19.2 Å². The zero-order valence-electron chi connectivity index (χ0n) is 9.60. The molecule has 0 fully saturated rings. The molecule has 8 heteroatoms. The van der Waals surface area contributed by atoms with Gasteiger partial charge in [0, 0.05) is 19.3 Å². The van der Waals surface area contributed by atoms with Crippen LogP contribution in [0.1, 0.15) is 12.5 Å². The maximum absolute atomic E-state index is 12.4. The van der Waals surface area contributed by atoms with Crippen molar-refractivity contribution in [2.24, 2.45) is 0 Å². The van der Waals surface area contributed by atoms with E-state index < -0.39 is 12.3 Å². The highest BCUT2D eigenvalue weighted by Gasteiger charge is 2.38. The van der Waals surface area contributed by atoms with Crippen LogP contribution in [-0.2, 0) is 0 Å². The molecule has 1 aromatic rings. The van der Waals surface area contributed by atoms with E-state index >= 15 is 0 Å². The van der Waals surface area contributed by atoms with E-state index in [1.807, 2.05) is 0 Å². The number of halogens is 4. The van der Waals surface area contributed by atoms with Crippen LogP contribution >= 0.6 is 11.6 Å². The van der Waals surface area contributed by atoms with Crippen LogP contribution in [0.3, 0.4) is 0 Å². The van der Waals surface area contributed by atoms with Crippen molar-refractivity contribution >= 4 is 23.6 Å². The Morgan fingerprint density at radius 1 is 1.56 bits per heavy atom. The Balaban J connectivity index is 3.15. The number of anilines is 1. The third kappa shape index (κ3) is 3.25. The Morgan fingerprint density at radius 3 is 2.61 bits per heavy atom. The molecule has 0 saturated carbocycles. The van der Waals surface area contributed by atoms with Crippen molar-refractivity contribution < 1.29 is 17.9 Å². The minimum Gasteiger partial charge on any atom is -0.480 e. The second-order valence-corrected chi connectivity index (χ2v) is 3.79. The van der Waals surface area contributed by atoms with Gasteiger partial charge in [0.1, 0.15) is 16.7 Å². The average molecular weight is 282 g/mol. The van der Waals surface area contributed by atoms with Crippen LogP contribution in [0.15, 0.2) is 6.07 Å². The van der Waals surface area contributed by atoms with E-state index in [1.165, 1.54) is 7.05 Å². The van der Waals surface area contributed by atoms with Gasteiger partial charge < -0.3 is 15.5 Å². The molecule has 1 unspecified atom stereocenters. The summed E-state index contributed by atoms with van der Waals surface area (Å²) in [6.07, 6.45) is -5.64. The maximum atomic E-state index is 12.4. The van der Waals surface area contributed by atoms with Gasteiger partial charge in [-0.05, 0) is 6.92 Å². The maximum Gasteiger partial charge on any atom is 0.425 e. The third-order valence-corrected chi connectivity index (χ3v) is 2.33. The Morgan fingerprint density at radius 2 is 2.17 bits per heavy atom. The van der Waals surface area contributed by atoms with Crippen LogP contribution in [-0.4, -0.2) is 30.5 Å². The molecule has 0 amide bonds. The number of hydrogen-bond acceptors (Lipinski definition) is 4. The van der Waals surface area contributed by atoms with E-state index in [-0.39, 0.29) is 22.3 Å². The van der Waals surface area contributed by atoms with Gasteiger partial charge in [0.2, 0.25) is 0 Å². The van der Waals surface area contributed by atoms with Crippen molar-refractivity contribution in [1.82, 2.24) is 4.98 Å². The lowest BCUT2D eigenvalue weighted by atomic mass is 10.2. The normalized spacial score (nSPS) is 13.0. The summed E-state index contributed by atoms with van der Waals surface area (Å²) >= 11 is 5.67. The minimum absolute atomic E-state index is 0.0191. The molecular weight excluding hydrogens is 271 g/mol. The number of aromatic nitrogens is 1. The monoisotopic (exact) mass is 281 g/mol. The summed E-state index contributed by atoms with van der Waals surface area (Å²) in [4.78, 5) is 3.83. The van der Waals surface area contributed by atoms with Gasteiger partial charge in [-0.15, -0.1) is 0 Å². The van der Waals surface area contributed by atoms with Crippen LogP contribution in [0.5, 0.6) is 5.75 Å². The number of hydrogen-bond donors (Lipinski definition) is 2. The van der Waals surface area contributed by atoms with Crippen molar-refractivity contribution in [3.05, 3.63) is 16.8 Å². The van der Waals surface area contributed by atoms with Crippen LogP contribution in [0.4, 0.5) is 19.0 Å². The lowest BCUT2D eigenvalue weighted by Crippen LogP contribution is -2.31. The molecule has 18 heavy (non-hydrogen) atoms. The largest absolute Gasteiger partial charge is 0.480 e. The summed E-state index contributed by atoms with van der Waals surface area (Å²) in [6.45, 7) is 0.876. The first-order valence-electron chi connectivity index (χ1n) is 4.91. The van der Waals surface area contributed by atoms with Gasteiger partial charge in [0.05, 0.1) is 5.56 Å². The Hall–Kier alpha value is -1.50. The predicted molar refractivity (Wildman–Crippen MR) is 62.8 cm³/mol. The van der Waals surface area contributed by atoms with Crippen LogP contribution in [0.2, 0.25) is 5.15 Å². The van der Waals surface area contributed by atoms with Gasteiger partial charge in [0.25, 0.3) is 0 Å².